The number of likely N-dealkylation sites (tertiary alicyclic amines) is 2. The van der Waals surface area contributed by atoms with Crippen molar-refractivity contribution in [2.24, 2.45) is 11.8 Å². The maximum atomic E-state index is 12.9. The molecule has 3 atom stereocenters. The van der Waals surface area contributed by atoms with Crippen LogP contribution in [0.25, 0.3) is 10.9 Å². The first-order valence-electron chi connectivity index (χ1n) is 11.3. The van der Waals surface area contributed by atoms with Crippen LogP contribution in [0.5, 0.6) is 5.75 Å². The monoisotopic (exact) mass is 449 g/mol. The van der Waals surface area contributed by atoms with Crippen LogP contribution in [-0.4, -0.2) is 66.7 Å². The van der Waals surface area contributed by atoms with Gasteiger partial charge in [-0.2, -0.15) is 0 Å². The number of halogens is 3. The predicted octanol–water partition coefficient (Wildman–Crippen LogP) is 4.47. The molecule has 0 aliphatic carbocycles. The van der Waals surface area contributed by atoms with E-state index in [1.807, 2.05) is 0 Å². The van der Waals surface area contributed by atoms with Crippen LogP contribution < -0.4 is 4.74 Å². The Kier molecular flexibility index (Phi) is 6.72. The van der Waals surface area contributed by atoms with Gasteiger partial charge in [0.1, 0.15) is 11.8 Å². The summed E-state index contributed by atoms with van der Waals surface area (Å²) in [5.41, 5.74) is 1.18. The second-order valence-corrected chi connectivity index (χ2v) is 9.36. The Morgan fingerprint density at radius 2 is 1.94 bits per heavy atom. The van der Waals surface area contributed by atoms with E-state index in [2.05, 4.69) is 33.5 Å². The molecule has 2 aromatic rings. The molecule has 2 saturated heterocycles. The molecule has 2 fully saturated rings. The van der Waals surface area contributed by atoms with Crippen molar-refractivity contribution in [3.05, 3.63) is 36.0 Å². The Morgan fingerprint density at radius 1 is 1.19 bits per heavy atom. The minimum absolute atomic E-state index is 0.110. The van der Waals surface area contributed by atoms with Crippen molar-refractivity contribution in [3.63, 3.8) is 0 Å². The Morgan fingerprint density at radius 3 is 2.62 bits per heavy atom. The van der Waals surface area contributed by atoms with Crippen LogP contribution in [0.1, 0.15) is 37.7 Å². The molecule has 0 bridgehead atoms. The van der Waals surface area contributed by atoms with Crippen LogP contribution in [0.4, 0.5) is 13.2 Å². The van der Waals surface area contributed by atoms with Crippen molar-refractivity contribution >= 4 is 17.2 Å². The van der Waals surface area contributed by atoms with Crippen molar-refractivity contribution in [2.45, 2.75) is 44.5 Å². The quantitative estimate of drug-likeness (QED) is 0.631. The fraction of sp³-hybridized carbons (Fsp3) is 0.583. The number of carbonyl (C=O) groups excluding carboxylic acids is 1. The molecule has 5 nitrogen and oxygen atoms in total. The standard InChI is InChI=1S/C24H30F3N3O2/c1-16-12-18(14-30(13-16)21(15-31)17-7-10-29(2)11-8-17)19-5-6-22(32-24(25,26)27)23-20(19)4-3-9-28-23/h3-6,9,15-18,21H,7-8,10-14H2,1-2H3/t16-,18+,21?/m1/s1. The van der Waals surface area contributed by atoms with E-state index in [9.17, 15) is 18.0 Å². The molecule has 1 aromatic heterocycles. The topological polar surface area (TPSA) is 45.7 Å². The molecule has 2 aliphatic rings. The first kappa shape index (κ1) is 23.0. The average molecular weight is 450 g/mol. The normalized spacial score (nSPS) is 25.0. The van der Waals surface area contributed by atoms with E-state index < -0.39 is 6.36 Å². The molecule has 174 valence electrons. The third-order valence-electron chi connectivity index (χ3n) is 6.93. The minimum atomic E-state index is -4.77. The van der Waals surface area contributed by atoms with E-state index in [-0.39, 0.29) is 23.2 Å². The number of rotatable bonds is 5. The van der Waals surface area contributed by atoms with Crippen LogP contribution in [0.3, 0.4) is 0 Å². The number of ether oxygens (including phenoxy) is 1. The molecule has 3 heterocycles. The number of aromatic nitrogens is 1. The predicted molar refractivity (Wildman–Crippen MR) is 117 cm³/mol. The molecule has 0 N–H and O–H groups in total. The fourth-order valence-electron chi connectivity index (χ4n) is 5.46. The van der Waals surface area contributed by atoms with Gasteiger partial charge in [0.25, 0.3) is 0 Å². The highest BCUT2D eigenvalue weighted by molar-refractivity contribution is 5.88. The Bertz CT molecular complexity index is 944. The number of fused-ring (bicyclic) bond motifs is 1. The molecule has 1 aromatic carbocycles. The van der Waals surface area contributed by atoms with Gasteiger partial charge < -0.3 is 14.4 Å². The zero-order chi connectivity index (χ0) is 22.9. The third-order valence-corrected chi connectivity index (χ3v) is 6.93. The first-order valence-corrected chi connectivity index (χ1v) is 11.3. The maximum absolute atomic E-state index is 12.9. The molecule has 0 spiro atoms. The smallest absolute Gasteiger partial charge is 0.403 e. The summed E-state index contributed by atoms with van der Waals surface area (Å²) >= 11 is 0. The molecule has 32 heavy (non-hydrogen) atoms. The Balaban J connectivity index is 1.62. The van der Waals surface area contributed by atoms with Gasteiger partial charge in [0.05, 0.1) is 6.04 Å². The summed E-state index contributed by atoms with van der Waals surface area (Å²) < 4.78 is 42.8. The van der Waals surface area contributed by atoms with Crippen molar-refractivity contribution in [1.82, 2.24) is 14.8 Å². The summed E-state index contributed by atoms with van der Waals surface area (Å²) in [6.45, 7) is 5.75. The zero-order valence-corrected chi connectivity index (χ0v) is 18.5. The van der Waals surface area contributed by atoms with Crippen LogP contribution in [0.2, 0.25) is 0 Å². The van der Waals surface area contributed by atoms with Crippen LogP contribution in [0, 0.1) is 11.8 Å². The summed E-state index contributed by atoms with van der Waals surface area (Å²) in [7, 11) is 2.11. The Hall–Kier alpha value is -2.19. The van der Waals surface area contributed by atoms with E-state index >= 15 is 0 Å². The number of carbonyl (C=O) groups is 1. The average Bonchev–Trinajstić information content (AvgIpc) is 2.74. The van der Waals surface area contributed by atoms with Gasteiger partial charge in [0.2, 0.25) is 0 Å². The molecular weight excluding hydrogens is 419 g/mol. The summed E-state index contributed by atoms with van der Waals surface area (Å²) in [5.74, 6) is 0.546. The van der Waals surface area contributed by atoms with Crippen molar-refractivity contribution in [1.29, 1.82) is 0 Å². The van der Waals surface area contributed by atoms with Crippen molar-refractivity contribution in [3.8, 4) is 5.75 Å². The minimum Gasteiger partial charge on any atom is -0.403 e. The maximum Gasteiger partial charge on any atom is 0.573 e. The summed E-state index contributed by atoms with van der Waals surface area (Å²) in [5, 5.41) is 0.676. The summed E-state index contributed by atoms with van der Waals surface area (Å²) in [6.07, 6.45) is 0.739. The van der Waals surface area contributed by atoms with Gasteiger partial charge in [-0.1, -0.05) is 19.1 Å². The van der Waals surface area contributed by atoms with Crippen LogP contribution >= 0.6 is 0 Å². The highest BCUT2D eigenvalue weighted by Gasteiger charge is 2.36. The van der Waals surface area contributed by atoms with Crippen molar-refractivity contribution < 1.29 is 22.7 Å². The lowest BCUT2D eigenvalue weighted by molar-refractivity contribution is -0.274. The molecule has 4 rings (SSSR count). The molecule has 0 radical (unpaired) electrons. The third kappa shape index (κ3) is 5.07. The lowest BCUT2D eigenvalue weighted by Gasteiger charge is -2.43. The highest BCUT2D eigenvalue weighted by Crippen LogP contribution is 2.39. The van der Waals surface area contributed by atoms with E-state index in [0.29, 0.717) is 23.8 Å². The first-order chi connectivity index (χ1) is 15.2. The fourth-order valence-corrected chi connectivity index (χ4v) is 5.46. The van der Waals surface area contributed by atoms with Gasteiger partial charge in [-0.3, -0.25) is 9.88 Å². The number of pyridine rings is 1. The van der Waals surface area contributed by atoms with E-state index in [4.69, 9.17) is 0 Å². The number of piperidine rings is 2. The van der Waals surface area contributed by atoms with Crippen molar-refractivity contribution in [2.75, 3.05) is 33.2 Å². The van der Waals surface area contributed by atoms with Gasteiger partial charge in [0.15, 0.2) is 5.75 Å². The Labute approximate surface area is 186 Å². The van der Waals surface area contributed by atoms with E-state index in [1.54, 1.807) is 18.2 Å². The van der Waals surface area contributed by atoms with Gasteiger partial charge in [-0.15, -0.1) is 13.2 Å². The largest absolute Gasteiger partial charge is 0.573 e. The second-order valence-electron chi connectivity index (χ2n) is 9.36. The number of nitrogens with zero attached hydrogens (tertiary/aromatic N) is 3. The number of alkyl halides is 3. The van der Waals surface area contributed by atoms with Gasteiger partial charge in [0, 0.05) is 24.7 Å². The number of hydrogen-bond acceptors (Lipinski definition) is 5. The molecular formula is C24H30F3N3O2. The molecule has 0 amide bonds. The number of benzene rings is 1. The second kappa shape index (κ2) is 9.35. The SMILES string of the molecule is C[C@@H]1C[C@H](c2ccc(OC(F)(F)F)c3ncccc23)CN(C(C=O)C2CCN(C)CC2)C1. The molecule has 0 saturated carbocycles. The summed E-state index contributed by atoms with van der Waals surface area (Å²) in [6, 6.07) is 6.53. The highest BCUT2D eigenvalue weighted by atomic mass is 19.4. The lowest BCUT2D eigenvalue weighted by Crippen LogP contribution is -2.51. The van der Waals surface area contributed by atoms with Crippen LogP contribution in [-0.2, 0) is 4.79 Å². The van der Waals surface area contributed by atoms with Gasteiger partial charge in [-0.25, -0.2) is 0 Å². The van der Waals surface area contributed by atoms with Crippen LogP contribution in [0.15, 0.2) is 30.5 Å². The number of hydrogen-bond donors (Lipinski definition) is 0. The van der Waals surface area contributed by atoms with Gasteiger partial charge >= 0.3 is 6.36 Å². The van der Waals surface area contributed by atoms with Gasteiger partial charge in [-0.05, 0) is 74.8 Å². The van der Waals surface area contributed by atoms with E-state index in [0.717, 1.165) is 50.7 Å². The molecule has 2 aliphatic heterocycles. The number of aldehydes is 1. The lowest BCUT2D eigenvalue weighted by atomic mass is 9.81. The van der Waals surface area contributed by atoms with E-state index in [1.165, 1.54) is 12.3 Å². The molecule has 1 unspecified atom stereocenters. The zero-order valence-electron chi connectivity index (χ0n) is 18.5. The summed E-state index contributed by atoms with van der Waals surface area (Å²) in [4.78, 5) is 20.9. The molecule has 8 heteroatoms.